The fourth-order valence-electron chi connectivity index (χ4n) is 3.33. The maximum atomic E-state index is 12.8. The highest BCUT2D eigenvalue weighted by Gasteiger charge is 2.39. The number of amides is 3. The first-order valence-corrected chi connectivity index (χ1v) is 9.09. The van der Waals surface area contributed by atoms with Crippen molar-refractivity contribution in [3.05, 3.63) is 34.9 Å². The Morgan fingerprint density at radius 1 is 1.31 bits per heavy atom. The molecule has 3 amide bonds. The molecule has 2 heterocycles. The Morgan fingerprint density at radius 2 is 2.08 bits per heavy atom. The summed E-state index contributed by atoms with van der Waals surface area (Å²) in [5, 5.41) is 5.64. The smallest absolute Gasteiger partial charge is 0.255 e. The Balaban J connectivity index is 1.65. The average molecular weight is 358 g/mol. The lowest BCUT2D eigenvalue weighted by Crippen LogP contribution is -2.52. The standard InChI is InChI=1S/C19H26N4O3/c1-11(2)15(20)9-21-8-12-3-4-13-10-23(19(26)14(13)7-12)16-5-6-17(24)22-18(16)25/h3-4,7,11,15-16,21H,5-6,8-10,20H2,1-2H3,(H,22,24,25)/t15-,16?/m1/s1. The van der Waals surface area contributed by atoms with Gasteiger partial charge in [0.25, 0.3) is 5.91 Å². The van der Waals surface area contributed by atoms with Gasteiger partial charge in [-0.25, -0.2) is 0 Å². The second kappa shape index (κ2) is 7.55. The van der Waals surface area contributed by atoms with Crippen molar-refractivity contribution < 1.29 is 14.4 Å². The summed E-state index contributed by atoms with van der Waals surface area (Å²) < 4.78 is 0. The first-order valence-electron chi connectivity index (χ1n) is 9.09. The van der Waals surface area contributed by atoms with Gasteiger partial charge in [0.1, 0.15) is 6.04 Å². The number of rotatable bonds is 6. The van der Waals surface area contributed by atoms with Crippen LogP contribution in [0.5, 0.6) is 0 Å². The molecule has 2 aliphatic heterocycles. The van der Waals surface area contributed by atoms with Gasteiger partial charge >= 0.3 is 0 Å². The van der Waals surface area contributed by atoms with Crippen molar-refractivity contribution in [2.75, 3.05) is 6.54 Å². The van der Waals surface area contributed by atoms with E-state index >= 15 is 0 Å². The van der Waals surface area contributed by atoms with Crippen LogP contribution in [0.1, 0.15) is 48.2 Å². The Hall–Kier alpha value is -2.25. The molecule has 2 atom stereocenters. The van der Waals surface area contributed by atoms with E-state index in [9.17, 15) is 14.4 Å². The SMILES string of the molecule is CC(C)[C@H](N)CNCc1ccc2c(c1)C(=O)N(C1CCC(=O)NC1=O)C2. The molecule has 1 aromatic carbocycles. The number of carbonyl (C=O) groups is 3. The largest absolute Gasteiger partial charge is 0.326 e. The number of nitrogens with zero attached hydrogens (tertiary/aromatic N) is 1. The molecule has 7 heteroatoms. The minimum Gasteiger partial charge on any atom is -0.326 e. The van der Waals surface area contributed by atoms with Gasteiger partial charge in [0.2, 0.25) is 11.8 Å². The molecule has 0 aromatic heterocycles. The lowest BCUT2D eigenvalue weighted by molar-refractivity contribution is -0.136. The van der Waals surface area contributed by atoms with Crippen LogP contribution in [0.4, 0.5) is 0 Å². The van der Waals surface area contributed by atoms with Gasteiger partial charge in [-0.2, -0.15) is 0 Å². The molecule has 1 saturated heterocycles. The zero-order chi connectivity index (χ0) is 18.8. The van der Waals surface area contributed by atoms with Crippen molar-refractivity contribution in [2.45, 2.75) is 51.9 Å². The van der Waals surface area contributed by atoms with Crippen molar-refractivity contribution in [3.63, 3.8) is 0 Å². The number of carbonyl (C=O) groups excluding carboxylic acids is 3. The van der Waals surface area contributed by atoms with E-state index in [1.54, 1.807) is 4.90 Å². The fraction of sp³-hybridized carbons (Fsp3) is 0.526. The normalized spacial score (nSPS) is 21.2. The van der Waals surface area contributed by atoms with Crippen LogP contribution in [0.25, 0.3) is 0 Å². The predicted octanol–water partition coefficient (Wildman–Crippen LogP) is 0.521. The van der Waals surface area contributed by atoms with Crippen molar-refractivity contribution in [1.29, 1.82) is 0 Å². The molecule has 1 aromatic rings. The van der Waals surface area contributed by atoms with Crippen LogP contribution >= 0.6 is 0 Å². The summed E-state index contributed by atoms with van der Waals surface area (Å²) in [6.07, 6.45) is 0.647. The van der Waals surface area contributed by atoms with Gasteiger partial charge in [0.15, 0.2) is 0 Å². The molecule has 0 radical (unpaired) electrons. The zero-order valence-electron chi connectivity index (χ0n) is 15.2. The molecular formula is C19H26N4O3. The van der Waals surface area contributed by atoms with E-state index in [-0.39, 0.29) is 30.2 Å². The zero-order valence-corrected chi connectivity index (χ0v) is 15.2. The minimum atomic E-state index is -0.571. The number of fused-ring (bicyclic) bond motifs is 1. The maximum Gasteiger partial charge on any atom is 0.255 e. The van der Waals surface area contributed by atoms with Gasteiger partial charge in [0.05, 0.1) is 0 Å². The lowest BCUT2D eigenvalue weighted by Gasteiger charge is -2.29. The first kappa shape index (κ1) is 18.5. The van der Waals surface area contributed by atoms with E-state index in [1.807, 2.05) is 18.2 Å². The average Bonchev–Trinajstić information content (AvgIpc) is 2.91. The number of nitrogens with one attached hydrogen (secondary N) is 2. The molecule has 2 aliphatic rings. The Bertz CT molecular complexity index is 731. The van der Waals surface area contributed by atoms with Crippen LogP contribution in [0.3, 0.4) is 0 Å². The van der Waals surface area contributed by atoms with E-state index in [1.165, 1.54) is 0 Å². The van der Waals surface area contributed by atoms with Gasteiger partial charge in [-0.05, 0) is 29.5 Å². The molecule has 26 heavy (non-hydrogen) atoms. The highest BCUT2D eigenvalue weighted by molar-refractivity contribution is 6.05. The van der Waals surface area contributed by atoms with Crippen molar-refractivity contribution in [2.24, 2.45) is 11.7 Å². The summed E-state index contributed by atoms with van der Waals surface area (Å²) in [6, 6.07) is 5.34. The van der Waals surface area contributed by atoms with Crippen molar-refractivity contribution in [3.8, 4) is 0 Å². The van der Waals surface area contributed by atoms with Crippen LogP contribution < -0.4 is 16.4 Å². The molecule has 7 nitrogen and oxygen atoms in total. The molecule has 140 valence electrons. The van der Waals surface area contributed by atoms with E-state index in [0.29, 0.717) is 37.5 Å². The molecule has 4 N–H and O–H groups in total. The lowest BCUT2D eigenvalue weighted by atomic mass is 10.0. The van der Waals surface area contributed by atoms with E-state index in [0.717, 1.165) is 11.1 Å². The first-order chi connectivity index (χ1) is 12.4. The van der Waals surface area contributed by atoms with Gasteiger partial charge < -0.3 is 16.0 Å². The molecule has 0 spiro atoms. The second-order valence-corrected chi connectivity index (χ2v) is 7.43. The summed E-state index contributed by atoms with van der Waals surface area (Å²) in [4.78, 5) is 37.7. The number of hydrogen-bond donors (Lipinski definition) is 3. The highest BCUT2D eigenvalue weighted by Crippen LogP contribution is 2.28. The van der Waals surface area contributed by atoms with Gasteiger partial charge in [-0.15, -0.1) is 0 Å². The molecule has 0 aliphatic carbocycles. The number of hydrogen-bond acceptors (Lipinski definition) is 5. The number of benzene rings is 1. The van der Waals surface area contributed by atoms with Crippen LogP contribution in [-0.2, 0) is 22.7 Å². The minimum absolute atomic E-state index is 0.0917. The number of imide groups is 1. The van der Waals surface area contributed by atoms with Crippen LogP contribution in [0.2, 0.25) is 0 Å². The van der Waals surface area contributed by atoms with Crippen LogP contribution in [0.15, 0.2) is 18.2 Å². The Labute approximate surface area is 153 Å². The highest BCUT2D eigenvalue weighted by atomic mass is 16.2. The molecular weight excluding hydrogens is 332 g/mol. The van der Waals surface area contributed by atoms with E-state index in [2.05, 4.69) is 24.5 Å². The summed E-state index contributed by atoms with van der Waals surface area (Å²) in [6.45, 7) is 5.94. The third-order valence-corrected chi connectivity index (χ3v) is 5.16. The van der Waals surface area contributed by atoms with Crippen molar-refractivity contribution >= 4 is 17.7 Å². The predicted molar refractivity (Wildman–Crippen MR) is 97.0 cm³/mol. The van der Waals surface area contributed by atoms with Gasteiger partial charge in [-0.3, -0.25) is 19.7 Å². The molecule has 1 fully saturated rings. The topological polar surface area (TPSA) is 105 Å². The summed E-state index contributed by atoms with van der Waals surface area (Å²) in [5.74, 6) is -0.392. The second-order valence-electron chi connectivity index (χ2n) is 7.43. The Morgan fingerprint density at radius 3 is 2.77 bits per heavy atom. The van der Waals surface area contributed by atoms with Crippen LogP contribution in [0, 0.1) is 5.92 Å². The molecule has 0 bridgehead atoms. The summed E-state index contributed by atoms with van der Waals surface area (Å²) in [5.41, 5.74) is 8.60. The van der Waals surface area contributed by atoms with E-state index in [4.69, 9.17) is 5.73 Å². The molecule has 3 rings (SSSR count). The Kier molecular flexibility index (Phi) is 5.38. The third kappa shape index (κ3) is 3.78. The monoisotopic (exact) mass is 358 g/mol. The van der Waals surface area contributed by atoms with Crippen molar-refractivity contribution in [1.82, 2.24) is 15.5 Å². The van der Waals surface area contributed by atoms with E-state index < -0.39 is 6.04 Å². The van der Waals surface area contributed by atoms with Gasteiger partial charge in [-0.1, -0.05) is 26.0 Å². The van der Waals surface area contributed by atoms with Crippen LogP contribution in [-0.4, -0.2) is 41.2 Å². The maximum absolute atomic E-state index is 12.8. The third-order valence-electron chi connectivity index (χ3n) is 5.16. The number of nitrogens with two attached hydrogens (primary N) is 1. The quantitative estimate of drug-likeness (QED) is 0.643. The van der Waals surface area contributed by atoms with Gasteiger partial charge in [0, 0.05) is 37.7 Å². The summed E-state index contributed by atoms with van der Waals surface area (Å²) in [7, 11) is 0. The molecule has 0 saturated carbocycles. The number of piperidine rings is 1. The molecule has 1 unspecified atom stereocenters. The summed E-state index contributed by atoms with van der Waals surface area (Å²) >= 11 is 0. The fourth-order valence-corrected chi connectivity index (χ4v) is 3.33.